The van der Waals surface area contributed by atoms with Gasteiger partial charge < -0.3 is 9.47 Å². The lowest BCUT2D eigenvalue weighted by molar-refractivity contribution is 0.487. The summed E-state index contributed by atoms with van der Waals surface area (Å²) >= 11 is 16.7. The second kappa shape index (κ2) is 7.78. The number of para-hydroxylation sites is 2. The highest BCUT2D eigenvalue weighted by Crippen LogP contribution is 2.56. The highest BCUT2D eigenvalue weighted by Gasteiger charge is 2.27. The minimum Gasteiger partial charge on any atom is -0.455 e. The smallest absolute Gasteiger partial charge is 0.155 e. The van der Waals surface area contributed by atoms with Crippen molar-refractivity contribution in [2.45, 2.75) is 13.8 Å². The van der Waals surface area contributed by atoms with E-state index in [1.807, 2.05) is 74.5 Å². The molecule has 0 aliphatic rings. The van der Waals surface area contributed by atoms with Gasteiger partial charge in [0, 0.05) is 9.75 Å². The van der Waals surface area contributed by atoms with Crippen molar-refractivity contribution < 1.29 is 9.47 Å². The van der Waals surface area contributed by atoms with Gasteiger partial charge in [0.05, 0.1) is 30.2 Å². The van der Waals surface area contributed by atoms with E-state index in [2.05, 4.69) is 0 Å². The average Bonchev–Trinajstić information content (AvgIpc) is 3.22. The second-order valence-electron chi connectivity index (χ2n) is 6.84. The molecule has 3 aromatic carbocycles. The summed E-state index contributed by atoms with van der Waals surface area (Å²) in [6.07, 6.45) is 0. The molecule has 2 heterocycles. The number of ether oxygens (including phenoxy) is 2. The van der Waals surface area contributed by atoms with Crippen LogP contribution in [0.2, 0.25) is 10.0 Å². The summed E-state index contributed by atoms with van der Waals surface area (Å²) in [7, 11) is 0. The molecular formula is C24H16Cl2O2S2. The third-order valence-corrected chi connectivity index (χ3v) is 8.19. The fraction of sp³-hybridized carbons (Fsp3) is 0.0833. The van der Waals surface area contributed by atoms with E-state index >= 15 is 0 Å². The molecule has 0 amide bonds. The van der Waals surface area contributed by atoms with Crippen LogP contribution in [0.4, 0.5) is 0 Å². The summed E-state index contributed by atoms with van der Waals surface area (Å²) < 4.78 is 14.6. The van der Waals surface area contributed by atoms with E-state index < -0.39 is 0 Å². The van der Waals surface area contributed by atoms with Crippen LogP contribution in [0.1, 0.15) is 9.75 Å². The zero-order valence-corrected chi connectivity index (χ0v) is 19.3. The van der Waals surface area contributed by atoms with E-state index in [1.54, 1.807) is 22.7 Å². The maximum atomic E-state index is 6.78. The van der Waals surface area contributed by atoms with Crippen LogP contribution in [0.25, 0.3) is 20.2 Å². The van der Waals surface area contributed by atoms with Crippen molar-refractivity contribution >= 4 is 66.0 Å². The van der Waals surface area contributed by atoms with Crippen LogP contribution in [0.15, 0.2) is 60.7 Å². The van der Waals surface area contributed by atoms with Crippen molar-refractivity contribution in [3.05, 3.63) is 80.5 Å². The quantitative estimate of drug-likeness (QED) is 0.260. The van der Waals surface area contributed by atoms with Gasteiger partial charge in [-0.25, -0.2) is 0 Å². The van der Waals surface area contributed by atoms with Crippen LogP contribution in [-0.2, 0) is 0 Å². The Labute approximate surface area is 192 Å². The Morgan fingerprint density at radius 3 is 1.33 bits per heavy atom. The third kappa shape index (κ3) is 3.25. The van der Waals surface area contributed by atoms with Crippen LogP contribution in [0.5, 0.6) is 23.0 Å². The van der Waals surface area contributed by atoms with E-state index in [0.717, 1.165) is 52.9 Å². The lowest BCUT2D eigenvalue weighted by atomic mass is 10.1. The monoisotopic (exact) mass is 470 g/mol. The van der Waals surface area contributed by atoms with Gasteiger partial charge in [0.25, 0.3) is 0 Å². The summed E-state index contributed by atoms with van der Waals surface area (Å²) in [5.74, 6) is 2.94. The molecule has 5 aromatic rings. The number of thiophene rings is 2. The van der Waals surface area contributed by atoms with Gasteiger partial charge >= 0.3 is 0 Å². The summed E-state index contributed by atoms with van der Waals surface area (Å²) in [6, 6.07) is 19.4. The summed E-state index contributed by atoms with van der Waals surface area (Å²) in [5, 5.41) is 3.09. The van der Waals surface area contributed by atoms with Gasteiger partial charge in [-0.15, -0.1) is 22.7 Å². The number of hydrogen-bond donors (Lipinski definition) is 0. The number of aryl methyl sites for hydroxylation is 2. The first kappa shape index (κ1) is 19.7. The molecule has 0 spiro atoms. The molecule has 0 fully saturated rings. The highest BCUT2D eigenvalue weighted by atomic mass is 35.5. The molecular weight excluding hydrogens is 455 g/mol. The van der Waals surface area contributed by atoms with Crippen molar-refractivity contribution in [3.63, 3.8) is 0 Å². The van der Waals surface area contributed by atoms with Gasteiger partial charge in [-0.2, -0.15) is 0 Å². The van der Waals surface area contributed by atoms with E-state index in [4.69, 9.17) is 32.7 Å². The largest absolute Gasteiger partial charge is 0.455 e. The molecule has 0 radical (unpaired) electrons. The Morgan fingerprint density at radius 2 is 0.967 bits per heavy atom. The normalized spacial score (nSPS) is 11.3. The van der Waals surface area contributed by atoms with Crippen molar-refractivity contribution in [2.24, 2.45) is 0 Å². The molecule has 0 atom stereocenters. The molecule has 150 valence electrons. The van der Waals surface area contributed by atoms with E-state index in [0.29, 0.717) is 10.0 Å². The SMILES string of the molecule is Cc1sc2c(Oc3ccccc3)c3c(Cl)c(C)sc3c(Oc3ccccc3)c2c1Cl. The minimum absolute atomic E-state index is 0.683. The molecule has 0 saturated carbocycles. The van der Waals surface area contributed by atoms with Gasteiger partial charge in [0.2, 0.25) is 0 Å². The van der Waals surface area contributed by atoms with Crippen molar-refractivity contribution in [2.75, 3.05) is 0 Å². The lowest BCUT2D eigenvalue weighted by Gasteiger charge is -2.14. The molecule has 0 N–H and O–H groups in total. The summed E-state index contributed by atoms with van der Waals surface area (Å²) in [6.45, 7) is 4.01. The Morgan fingerprint density at radius 1 is 0.600 bits per heavy atom. The van der Waals surface area contributed by atoms with Crippen molar-refractivity contribution in [1.82, 2.24) is 0 Å². The Balaban J connectivity index is 1.86. The number of hydrogen-bond acceptors (Lipinski definition) is 4. The zero-order valence-electron chi connectivity index (χ0n) is 16.2. The van der Waals surface area contributed by atoms with Crippen molar-refractivity contribution in [1.29, 1.82) is 0 Å². The van der Waals surface area contributed by atoms with Crippen LogP contribution < -0.4 is 9.47 Å². The maximum absolute atomic E-state index is 6.78. The highest BCUT2D eigenvalue weighted by molar-refractivity contribution is 7.22. The zero-order chi connectivity index (χ0) is 20.8. The minimum atomic E-state index is 0.683. The lowest BCUT2D eigenvalue weighted by Crippen LogP contribution is -1.90. The molecule has 0 aliphatic carbocycles. The summed E-state index contributed by atoms with van der Waals surface area (Å²) in [4.78, 5) is 2.01. The number of benzene rings is 3. The molecule has 5 rings (SSSR count). The van der Waals surface area contributed by atoms with E-state index in [9.17, 15) is 0 Å². The Hall–Kier alpha value is -2.24. The molecule has 0 aliphatic heterocycles. The molecule has 0 unspecified atom stereocenters. The number of halogens is 2. The summed E-state index contributed by atoms with van der Waals surface area (Å²) in [5.41, 5.74) is 0. The number of fused-ring (bicyclic) bond motifs is 2. The van der Waals surface area contributed by atoms with Gasteiger partial charge in [-0.3, -0.25) is 0 Å². The van der Waals surface area contributed by atoms with Gasteiger partial charge in [0.1, 0.15) is 11.5 Å². The Bertz CT molecular complexity index is 1270. The van der Waals surface area contributed by atoms with Gasteiger partial charge in [-0.1, -0.05) is 59.6 Å². The topological polar surface area (TPSA) is 18.5 Å². The first-order valence-corrected chi connectivity index (χ1v) is 11.7. The fourth-order valence-corrected chi connectivity index (χ4v) is 6.18. The molecule has 2 nitrogen and oxygen atoms in total. The molecule has 0 bridgehead atoms. The van der Waals surface area contributed by atoms with Crippen LogP contribution >= 0.6 is 45.9 Å². The molecule has 6 heteroatoms. The third-order valence-electron chi connectivity index (χ3n) is 4.81. The van der Waals surface area contributed by atoms with E-state index in [1.165, 1.54) is 0 Å². The maximum Gasteiger partial charge on any atom is 0.155 e. The molecule has 2 aromatic heterocycles. The standard InChI is InChI=1S/C24H16Cl2O2S2/c1-13-19(25)17-21(27-15-9-5-3-6-10-15)24-18(20(26)14(2)30-24)22(23(17)29-13)28-16-11-7-4-8-12-16/h3-12H,1-2H3. The molecule has 0 saturated heterocycles. The van der Waals surface area contributed by atoms with E-state index in [-0.39, 0.29) is 0 Å². The second-order valence-corrected chi connectivity index (χ2v) is 10.0. The average molecular weight is 471 g/mol. The van der Waals surface area contributed by atoms with Crippen LogP contribution in [0, 0.1) is 13.8 Å². The predicted molar refractivity (Wildman–Crippen MR) is 130 cm³/mol. The first-order valence-electron chi connectivity index (χ1n) is 9.33. The number of rotatable bonds is 4. The fourth-order valence-electron chi connectivity index (χ4n) is 3.41. The van der Waals surface area contributed by atoms with Gasteiger partial charge in [-0.05, 0) is 38.1 Å². The van der Waals surface area contributed by atoms with Crippen molar-refractivity contribution in [3.8, 4) is 23.0 Å². The molecule has 30 heavy (non-hydrogen) atoms. The first-order chi connectivity index (χ1) is 14.5. The van der Waals surface area contributed by atoms with Gasteiger partial charge in [0.15, 0.2) is 11.5 Å². The predicted octanol–water partition coefficient (Wildman–Crippen LogP) is 9.62. The Kier molecular flexibility index (Phi) is 5.11. The van der Waals surface area contributed by atoms with Crippen LogP contribution in [-0.4, -0.2) is 0 Å². The van der Waals surface area contributed by atoms with Crippen LogP contribution in [0.3, 0.4) is 0 Å².